The van der Waals surface area contributed by atoms with Crippen LogP contribution in [0, 0.1) is 0 Å². The van der Waals surface area contributed by atoms with Crippen molar-refractivity contribution in [2.75, 3.05) is 20.2 Å². The normalized spacial score (nSPS) is 10.8. The predicted octanol–water partition coefficient (Wildman–Crippen LogP) is 3.72. The lowest BCUT2D eigenvalue weighted by atomic mass is 10.2. The molecule has 1 aromatic heterocycles. The number of carboxylic acids is 1. The first kappa shape index (κ1) is 16.0. The van der Waals surface area contributed by atoms with Crippen molar-refractivity contribution in [3.05, 3.63) is 50.6 Å². The van der Waals surface area contributed by atoms with Crippen molar-refractivity contribution in [3.8, 4) is 5.75 Å². The lowest BCUT2D eigenvalue weighted by molar-refractivity contribution is 0.0696. The van der Waals surface area contributed by atoms with Crippen molar-refractivity contribution in [2.45, 2.75) is 6.54 Å². The van der Waals surface area contributed by atoms with Crippen LogP contribution in [0.3, 0.4) is 0 Å². The number of hydrogen-bond acceptors (Lipinski definition) is 4. The van der Waals surface area contributed by atoms with Gasteiger partial charge in [-0.15, -0.1) is 11.3 Å². The highest BCUT2D eigenvalue weighted by Crippen LogP contribution is 2.21. The second-order valence-corrected chi connectivity index (χ2v) is 6.97. The summed E-state index contributed by atoms with van der Waals surface area (Å²) in [6, 6.07) is 8.65. The van der Waals surface area contributed by atoms with E-state index in [1.165, 1.54) is 5.56 Å². The Morgan fingerprint density at radius 2 is 2.24 bits per heavy atom. The summed E-state index contributed by atoms with van der Waals surface area (Å²) in [5.74, 6) is -0.359. The Balaban J connectivity index is 1.78. The molecule has 0 bridgehead atoms. The zero-order valence-electron chi connectivity index (χ0n) is 11.6. The molecule has 0 saturated heterocycles. The number of hydrogen-bond donors (Lipinski definition) is 1. The van der Waals surface area contributed by atoms with Gasteiger partial charge in [-0.05, 0) is 58.2 Å². The molecular formula is C15H16BrNO3S. The number of nitrogens with zero attached hydrogens (tertiary/aromatic N) is 1. The fourth-order valence-corrected chi connectivity index (χ4v) is 3.06. The standard InChI is InChI=1S/C15H16BrNO3S/c1-17(9-11-7-14(16)21-10-11)5-6-20-13-4-2-3-12(8-13)15(18)19/h2-4,7-8,10H,5-6,9H2,1H3,(H,18,19). The van der Waals surface area contributed by atoms with Gasteiger partial charge in [0.15, 0.2) is 0 Å². The summed E-state index contributed by atoms with van der Waals surface area (Å²) in [5, 5.41) is 11.0. The number of halogens is 1. The van der Waals surface area contributed by atoms with Gasteiger partial charge in [0.2, 0.25) is 0 Å². The minimum Gasteiger partial charge on any atom is -0.492 e. The van der Waals surface area contributed by atoms with E-state index in [0.29, 0.717) is 12.4 Å². The summed E-state index contributed by atoms with van der Waals surface area (Å²) < 4.78 is 6.73. The molecule has 0 unspecified atom stereocenters. The van der Waals surface area contributed by atoms with Crippen LogP contribution in [0.2, 0.25) is 0 Å². The van der Waals surface area contributed by atoms with E-state index in [9.17, 15) is 4.79 Å². The van der Waals surface area contributed by atoms with Gasteiger partial charge in [-0.25, -0.2) is 4.79 Å². The molecule has 0 amide bonds. The smallest absolute Gasteiger partial charge is 0.335 e. The summed E-state index contributed by atoms with van der Waals surface area (Å²) in [6.07, 6.45) is 0. The van der Waals surface area contributed by atoms with Crippen molar-refractivity contribution in [1.82, 2.24) is 4.90 Å². The van der Waals surface area contributed by atoms with Crippen molar-refractivity contribution in [2.24, 2.45) is 0 Å². The maximum Gasteiger partial charge on any atom is 0.335 e. The van der Waals surface area contributed by atoms with E-state index in [-0.39, 0.29) is 5.56 Å². The number of thiophene rings is 1. The molecule has 0 atom stereocenters. The van der Waals surface area contributed by atoms with Crippen molar-refractivity contribution in [3.63, 3.8) is 0 Å². The van der Waals surface area contributed by atoms with Crippen LogP contribution in [0.5, 0.6) is 5.75 Å². The molecule has 0 saturated carbocycles. The average Bonchev–Trinajstić information content (AvgIpc) is 2.84. The molecule has 0 aliphatic heterocycles. The first-order chi connectivity index (χ1) is 10.0. The number of carbonyl (C=O) groups is 1. The molecule has 21 heavy (non-hydrogen) atoms. The number of rotatable bonds is 7. The molecule has 0 radical (unpaired) electrons. The minimum atomic E-state index is -0.944. The molecule has 6 heteroatoms. The number of likely N-dealkylation sites (N-methyl/N-ethyl adjacent to an activating group) is 1. The molecule has 0 fully saturated rings. The first-order valence-electron chi connectivity index (χ1n) is 6.42. The molecule has 0 aliphatic carbocycles. The van der Waals surface area contributed by atoms with E-state index in [1.54, 1.807) is 35.6 Å². The Labute approximate surface area is 136 Å². The maximum absolute atomic E-state index is 10.9. The minimum absolute atomic E-state index is 0.240. The van der Waals surface area contributed by atoms with Gasteiger partial charge in [0.05, 0.1) is 9.35 Å². The van der Waals surface area contributed by atoms with Crippen LogP contribution in [0.1, 0.15) is 15.9 Å². The molecule has 1 N–H and O–H groups in total. The Hall–Kier alpha value is -1.37. The van der Waals surface area contributed by atoms with Crippen LogP contribution in [0.15, 0.2) is 39.5 Å². The molecule has 1 heterocycles. The van der Waals surface area contributed by atoms with Gasteiger partial charge in [-0.1, -0.05) is 6.07 Å². The lowest BCUT2D eigenvalue weighted by Gasteiger charge is -2.16. The summed E-state index contributed by atoms with van der Waals surface area (Å²) in [7, 11) is 2.03. The van der Waals surface area contributed by atoms with Crippen LogP contribution in [-0.4, -0.2) is 36.2 Å². The fraction of sp³-hybridized carbons (Fsp3) is 0.267. The second-order valence-electron chi connectivity index (χ2n) is 4.68. The monoisotopic (exact) mass is 369 g/mol. The number of benzene rings is 1. The molecule has 1 aromatic carbocycles. The third kappa shape index (κ3) is 5.15. The molecule has 112 valence electrons. The van der Waals surface area contributed by atoms with Gasteiger partial charge in [-0.2, -0.15) is 0 Å². The SMILES string of the molecule is CN(CCOc1cccc(C(=O)O)c1)Cc1csc(Br)c1. The fourth-order valence-electron chi connectivity index (χ4n) is 1.86. The Morgan fingerprint density at radius 1 is 1.43 bits per heavy atom. The van der Waals surface area contributed by atoms with E-state index in [4.69, 9.17) is 9.84 Å². The van der Waals surface area contributed by atoms with Crippen molar-refractivity contribution >= 4 is 33.2 Å². The van der Waals surface area contributed by atoms with Gasteiger partial charge in [-0.3, -0.25) is 4.90 Å². The predicted molar refractivity (Wildman–Crippen MR) is 87.2 cm³/mol. The largest absolute Gasteiger partial charge is 0.492 e. The highest BCUT2D eigenvalue weighted by Gasteiger charge is 2.05. The zero-order valence-corrected chi connectivity index (χ0v) is 14.0. The van der Waals surface area contributed by atoms with Crippen LogP contribution in [-0.2, 0) is 6.54 Å². The van der Waals surface area contributed by atoms with Crippen LogP contribution < -0.4 is 4.74 Å². The van der Waals surface area contributed by atoms with E-state index in [1.807, 2.05) is 7.05 Å². The van der Waals surface area contributed by atoms with E-state index >= 15 is 0 Å². The molecule has 0 spiro atoms. The molecule has 2 rings (SSSR count). The van der Waals surface area contributed by atoms with Crippen molar-refractivity contribution in [1.29, 1.82) is 0 Å². The Morgan fingerprint density at radius 3 is 2.90 bits per heavy atom. The molecular weight excluding hydrogens is 354 g/mol. The third-order valence-corrected chi connectivity index (χ3v) is 4.45. The zero-order chi connectivity index (χ0) is 15.2. The van der Waals surface area contributed by atoms with E-state index in [0.717, 1.165) is 16.9 Å². The molecule has 2 aromatic rings. The van der Waals surface area contributed by atoms with Gasteiger partial charge in [0, 0.05) is 13.1 Å². The van der Waals surface area contributed by atoms with Gasteiger partial charge in [0.25, 0.3) is 0 Å². The number of aromatic carboxylic acids is 1. The summed E-state index contributed by atoms with van der Waals surface area (Å²) in [5.41, 5.74) is 1.51. The van der Waals surface area contributed by atoms with Crippen LogP contribution >= 0.6 is 27.3 Å². The lowest BCUT2D eigenvalue weighted by Crippen LogP contribution is -2.23. The Kier molecular flexibility index (Phi) is 5.78. The van der Waals surface area contributed by atoms with Crippen LogP contribution in [0.4, 0.5) is 0 Å². The highest BCUT2D eigenvalue weighted by molar-refractivity contribution is 9.11. The Bertz CT molecular complexity index is 614. The molecule has 0 aliphatic rings. The number of ether oxygens (including phenoxy) is 1. The molecule has 4 nitrogen and oxygen atoms in total. The summed E-state index contributed by atoms with van der Waals surface area (Å²) in [4.78, 5) is 13.0. The van der Waals surface area contributed by atoms with Crippen molar-refractivity contribution < 1.29 is 14.6 Å². The van der Waals surface area contributed by atoms with Crippen LogP contribution in [0.25, 0.3) is 0 Å². The highest BCUT2D eigenvalue weighted by atomic mass is 79.9. The summed E-state index contributed by atoms with van der Waals surface area (Å²) >= 11 is 5.13. The topological polar surface area (TPSA) is 49.8 Å². The quantitative estimate of drug-likeness (QED) is 0.807. The average molecular weight is 370 g/mol. The number of carboxylic acid groups (broad SMARTS) is 1. The second kappa shape index (κ2) is 7.59. The first-order valence-corrected chi connectivity index (χ1v) is 8.09. The summed E-state index contributed by atoms with van der Waals surface area (Å²) in [6.45, 7) is 2.15. The van der Waals surface area contributed by atoms with Gasteiger partial charge >= 0.3 is 5.97 Å². The van der Waals surface area contributed by atoms with Gasteiger partial charge in [0.1, 0.15) is 12.4 Å². The maximum atomic E-state index is 10.9. The van der Waals surface area contributed by atoms with Gasteiger partial charge < -0.3 is 9.84 Å². The van der Waals surface area contributed by atoms with E-state index in [2.05, 4.69) is 32.3 Å². The van der Waals surface area contributed by atoms with E-state index < -0.39 is 5.97 Å². The third-order valence-electron chi connectivity index (χ3n) is 2.90.